The Bertz CT molecular complexity index is 845. The van der Waals surface area contributed by atoms with Gasteiger partial charge in [-0.2, -0.15) is 0 Å². The Morgan fingerprint density at radius 1 is 1.56 bits per heavy atom. The number of ether oxygens (including phenoxy) is 1. The molecule has 0 spiro atoms. The van der Waals surface area contributed by atoms with Crippen LogP contribution >= 0.6 is 11.3 Å². The molecule has 0 bridgehead atoms. The SMILES string of the molecule is C=CCN(Cc1nc2sc3c(c2c(=O)[nH]1)CC[C@H](C)C3)C[C@@H](O)COCC. The number of H-pyrrole nitrogens is 1. The maximum Gasteiger partial charge on any atom is 0.259 e. The molecule has 7 heteroatoms. The zero-order valence-corrected chi connectivity index (χ0v) is 17.0. The molecule has 0 saturated heterocycles. The van der Waals surface area contributed by atoms with Gasteiger partial charge in [0.25, 0.3) is 5.56 Å². The molecule has 2 heterocycles. The van der Waals surface area contributed by atoms with E-state index in [0.29, 0.717) is 44.6 Å². The van der Waals surface area contributed by atoms with Gasteiger partial charge >= 0.3 is 0 Å². The fourth-order valence-corrected chi connectivity index (χ4v) is 5.07. The van der Waals surface area contributed by atoms with Crippen LogP contribution in [0.1, 0.15) is 36.5 Å². The van der Waals surface area contributed by atoms with E-state index in [1.54, 1.807) is 17.4 Å². The van der Waals surface area contributed by atoms with E-state index in [0.717, 1.165) is 29.5 Å². The molecule has 0 saturated carbocycles. The van der Waals surface area contributed by atoms with Crippen molar-refractivity contribution >= 4 is 21.6 Å². The Morgan fingerprint density at radius 2 is 2.37 bits per heavy atom. The van der Waals surface area contributed by atoms with Gasteiger partial charge in [0.2, 0.25) is 0 Å². The van der Waals surface area contributed by atoms with Crippen LogP contribution in [0.5, 0.6) is 0 Å². The van der Waals surface area contributed by atoms with Crippen LogP contribution in [-0.2, 0) is 24.1 Å². The molecule has 0 aromatic carbocycles. The number of hydrogen-bond donors (Lipinski definition) is 2. The maximum absolute atomic E-state index is 12.7. The largest absolute Gasteiger partial charge is 0.389 e. The average Bonchev–Trinajstić information content (AvgIpc) is 2.97. The molecule has 0 aliphatic heterocycles. The van der Waals surface area contributed by atoms with E-state index in [-0.39, 0.29) is 5.56 Å². The van der Waals surface area contributed by atoms with Crippen molar-refractivity contribution in [2.45, 2.75) is 45.8 Å². The molecule has 6 nitrogen and oxygen atoms in total. The number of aliphatic hydroxyl groups is 1. The lowest BCUT2D eigenvalue weighted by molar-refractivity contribution is 0.0214. The number of thiophene rings is 1. The first kappa shape index (κ1) is 20.2. The minimum Gasteiger partial charge on any atom is -0.389 e. The molecule has 0 fully saturated rings. The van der Waals surface area contributed by atoms with Crippen LogP contribution in [0.3, 0.4) is 0 Å². The Hall–Kier alpha value is -1.54. The second-order valence-electron chi connectivity index (χ2n) is 7.34. The highest BCUT2D eigenvalue weighted by atomic mass is 32.1. The Morgan fingerprint density at radius 3 is 3.11 bits per heavy atom. The summed E-state index contributed by atoms with van der Waals surface area (Å²) in [4.78, 5) is 24.6. The third kappa shape index (κ3) is 4.85. The summed E-state index contributed by atoms with van der Waals surface area (Å²) in [6, 6.07) is 0. The highest BCUT2D eigenvalue weighted by molar-refractivity contribution is 7.18. The lowest BCUT2D eigenvalue weighted by atomic mass is 9.89. The number of fused-ring (bicyclic) bond motifs is 3. The highest BCUT2D eigenvalue weighted by Crippen LogP contribution is 2.35. The number of aryl methyl sites for hydroxylation is 1. The molecule has 2 atom stereocenters. The first-order valence-corrected chi connectivity index (χ1v) is 10.5. The molecule has 0 radical (unpaired) electrons. The van der Waals surface area contributed by atoms with E-state index >= 15 is 0 Å². The van der Waals surface area contributed by atoms with Crippen molar-refractivity contribution in [1.29, 1.82) is 0 Å². The molecule has 1 aliphatic carbocycles. The summed E-state index contributed by atoms with van der Waals surface area (Å²) in [5, 5.41) is 10.9. The quantitative estimate of drug-likeness (QED) is 0.642. The summed E-state index contributed by atoms with van der Waals surface area (Å²) in [7, 11) is 0. The van der Waals surface area contributed by atoms with Gasteiger partial charge < -0.3 is 14.8 Å². The predicted octanol–water partition coefficient (Wildman–Crippen LogP) is 2.49. The van der Waals surface area contributed by atoms with Gasteiger partial charge in [-0.15, -0.1) is 17.9 Å². The number of nitrogens with zero attached hydrogens (tertiary/aromatic N) is 2. The standard InChI is InChI=1S/C20H29N3O3S/c1-4-8-23(10-14(24)12-26-5-2)11-17-21-19(25)18-15-7-6-13(3)9-16(15)27-20(18)22-17/h4,13-14,24H,1,5-12H2,2-3H3,(H,21,22,25)/t13-,14+/m0/s1. The van der Waals surface area contributed by atoms with Gasteiger partial charge in [-0.3, -0.25) is 9.69 Å². The fourth-order valence-electron chi connectivity index (χ4n) is 3.67. The van der Waals surface area contributed by atoms with Crippen molar-refractivity contribution in [2.24, 2.45) is 5.92 Å². The van der Waals surface area contributed by atoms with Gasteiger partial charge in [0.15, 0.2) is 0 Å². The Kier molecular flexibility index (Phi) is 6.81. The van der Waals surface area contributed by atoms with Gasteiger partial charge in [0.05, 0.1) is 24.6 Å². The molecule has 148 valence electrons. The van der Waals surface area contributed by atoms with E-state index in [1.807, 2.05) is 11.8 Å². The normalized spacial score (nSPS) is 18.0. The molecule has 0 unspecified atom stereocenters. The van der Waals surface area contributed by atoms with Gasteiger partial charge in [0.1, 0.15) is 10.7 Å². The van der Waals surface area contributed by atoms with Crippen LogP contribution in [0.4, 0.5) is 0 Å². The minimum atomic E-state index is -0.587. The second-order valence-corrected chi connectivity index (χ2v) is 8.42. The van der Waals surface area contributed by atoms with Crippen LogP contribution in [0, 0.1) is 5.92 Å². The van der Waals surface area contributed by atoms with E-state index in [2.05, 4.69) is 18.5 Å². The van der Waals surface area contributed by atoms with Gasteiger partial charge in [-0.25, -0.2) is 4.98 Å². The van der Waals surface area contributed by atoms with Crippen molar-refractivity contribution in [3.8, 4) is 0 Å². The lowest BCUT2D eigenvalue weighted by Gasteiger charge is -2.23. The molecule has 0 amide bonds. The number of aromatic nitrogens is 2. The number of hydrogen-bond acceptors (Lipinski definition) is 6. The van der Waals surface area contributed by atoms with E-state index in [9.17, 15) is 9.90 Å². The van der Waals surface area contributed by atoms with Crippen LogP contribution < -0.4 is 5.56 Å². The number of aliphatic hydroxyl groups excluding tert-OH is 1. The van der Waals surface area contributed by atoms with Crippen molar-refractivity contribution in [1.82, 2.24) is 14.9 Å². The molecule has 2 aromatic heterocycles. The Balaban J connectivity index is 1.81. The van der Waals surface area contributed by atoms with Crippen LogP contribution in [0.15, 0.2) is 17.4 Å². The van der Waals surface area contributed by atoms with Crippen LogP contribution in [-0.4, -0.2) is 52.4 Å². The average molecular weight is 392 g/mol. The van der Waals surface area contributed by atoms with E-state index in [1.165, 1.54) is 10.4 Å². The molecular formula is C20H29N3O3S. The second kappa shape index (κ2) is 9.10. The lowest BCUT2D eigenvalue weighted by Crippen LogP contribution is -2.35. The van der Waals surface area contributed by atoms with Gasteiger partial charge in [0, 0.05) is 24.6 Å². The first-order chi connectivity index (χ1) is 13.0. The third-order valence-electron chi connectivity index (χ3n) is 4.96. The monoisotopic (exact) mass is 391 g/mol. The van der Waals surface area contributed by atoms with Crippen LogP contribution in [0.2, 0.25) is 0 Å². The highest BCUT2D eigenvalue weighted by Gasteiger charge is 2.23. The van der Waals surface area contributed by atoms with Crippen molar-refractivity contribution in [3.63, 3.8) is 0 Å². The summed E-state index contributed by atoms with van der Waals surface area (Å²) < 4.78 is 5.28. The summed E-state index contributed by atoms with van der Waals surface area (Å²) in [5.74, 6) is 1.30. The van der Waals surface area contributed by atoms with Crippen molar-refractivity contribution in [2.75, 3.05) is 26.3 Å². The minimum absolute atomic E-state index is 0.0459. The fraction of sp³-hybridized carbons (Fsp3) is 0.600. The summed E-state index contributed by atoms with van der Waals surface area (Å²) in [5.41, 5.74) is 1.15. The summed E-state index contributed by atoms with van der Waals surface area (Å²) in [6.45, 7) is 10.3. The third-order valence-corrected chi connectivity index (χ3v) is 6.11. The molecule has 3 rings (SSSR count). The number of aromatic amines is 1. The zero-order chi connectivity index (χ0) is 19.4. The van der Waals surface area contributed by atoms with Crippen LogP contribution in [0.25, 0.3) is 10.2 Å². The van der Waals surface area contributed by atoms with Gasteiger partial charge in [-0.05, 0) is 37.7 Å². The van der Waals surface area contributed by atoms with Crippen molar-refractivity contribution < 1.29 is 9.84 Å². The smallest absolute Gasteiger partial charge is 0.259 e. The summed E-state index contributed by atoms with van der Waals surface area (Å²) in [6.07, 6.45) is 4.33. The molecule has 2 N–H and O–H groups in total. The summed E-state index contributed by atoms with van der Waals surface area (Å²) >= 11 is 1.66. The zero-order valence-electron chi connectivity index (χ0n) is 16.2. The number of rotatable bonds is 9. The van der Waals surface area contributed by atoms with E-state index in [4.69, 9.17) is 9.72 Å². The molecular weight excluding hydrogens is 362 g/mol. The van der Waals surface area contributed by atoms with Crippen molar-refractivity contribution in [3.05, 3.63) is 39.3 Å². The topological polar surface area (TPSA) is 78.5 Å². The Labute approximate surface area is 163 Å². The first-order valence-electron chi connectivity index (χ1n) is 9.64. The van der Waals surface area contributed by atoms with Gasteiger partial charge in [-0.1, -0.05) is 13.0 Å². The molecule has 27 heavy (non-hydrogen) atoms. The number of nitrogens with one attached hydrogen (secondary N) is 1. The maximum atomic E-state index is 12.7. The van der Waals surface area contributed by atoms with E-state index < -0.39 is 6.10 Å². The predicted molar refractivity (Wildman–Crippen MR) is 109 cm³/mol. The molecule has 2 aromatic rings. The molecule has 1 aliphatic rings.